The van der Waals surface area contributed by atoms with E-state index in [0.29, 0.717) is 5.92 Å². The lowest BCUT2D eigenvalue weighted by atomic mass is 9.63. The van der Waals surface area contributed by atoms with Gasteiger partial charge >= 0.3 is 0 Å². The van der Waals surface area contributed by atoms with E-state index in [0.717, 1.165) is 12.8 Å². The molecule has 2 saturated carbocycles. The summed E-state index contributed by atoms with van der Waals surface area (Å²) in [6.07, 6.45) is 3.33. The Hall–Kier alpha value is -0.153. The van der Waals surface area contributed by atoms with Gasteiger partial charge in [0.15, 0.2) is 14.1 Å². The summed E-state index contributed by atoms with van der Waals surface area (Å²) in [6.45, 7) is 15.3. The Morgan fingerprint density at radius 3 is 2.06 bits per heavy atom. The van der Waals surface area contributed by atoms with Gasteiger partial charge < -0.3 is 4.43 Å². The van der Waals surface area contributed by atoms with Crippen molar-refractivity contribution in [3.05, 3.63) is 0 Å². The van der Waals surface area contributed by atoms with Gasteiger partial charge in [-0.2, -0.15) is 0 Å². The lowest BCUT2D eigenvalue weighted by molar-refractivity contribution is -0.149. The fourth-order valence-electron chi connectivity index (χ4n) is 4.53. The highest BCUT2D eigenvalue weighted by Crippen LogP contribution is 2.71. The van der Waals surface area contributed by atoms with Crippen LogP contribution in [0.25, 0.3) is 0 Å². The molecule has 2 aliphatic carbocycles. The lowest BCUT2D eigenvalue weighted by Gasteiger charge is -2.49. The molecule has 0 aromatic rings. The molecular formula is C15H28O2Si. The van der Waals surface area contributed by atoms with Crippen molar-refractivity contribution < 1.29 is 9.22 Å². The summed E-state index contributed by atoms with van der Waals surface area (Å²) in [5, 5.41) is 0. The molecular weight excluding hydrogens is 240 g/mol. The topological polar surface area (TPSA) is 26.3 Å². The summed E-state index contributed by atoms with van der Waals surface area (Å²) in [6, 6.07) is 0. The molecule has 3 heteroatoms. The van der Waals surface area contributed by atoms with E-state index in [9.17, 15) is 4.79 Å². The molecule has 2 unspecified atom stereocenters. The zero-order chi connectivity index (χ0) is 14.0. The van der Waals surface area contributed by atoms with Crippen LogP contribution in [0, 0.1) is 16.7 Å². The lowest BCUT2D eigenvalue weighted by Crippen LogP contribution is -2.58. The predicted molar refractivity (Wildman–Crippen MR) is 77.1 cm³/mol. The van der Waals surface area contributed by atoms with Gasteiger partial charge in [-0.15, -0.1) is 0 Å². The number of Topliss-reactive ketones (excluding diaryl/α,β-unsaturated/α-hetero) is 1. The maximum absolute atomic E-state index is 12.4. The largest absolute Gasteiger partial charge is 0.405 e. The van der Waals surface area contributed by atoms with Crippen LogP contribution in [0.4, 0.5) is 0 Å². The Morgan fingerprint density at radius 2 is 1.78 bits per heavy atom. The quantitative estimate of drug-likeness (QED) is 0.723. The van der Waals surface area contributed by atoms with E-state index in [1.54, 1.807) is 6.92 Å². The van der Waals surface area contributed by atoms with Gasteiger partial charge in [-0.05, 0) is 57.2 Å². The highest BCUT2D eigenvalue weighted by Gasteiger charge is 2.71. The van der Waals surface area contributed by atoms with Crippen LogP contribution in [0.3, 0.4) is 0 Å². The van der Waals surface area contributed by atoms with Crippen molar-refractivity contribution in [1.82, 2.24) is 0 Å². The van der Waals surface area contributed by atoms with Gasteiger partial charge in [0.05, 0.1) is 0 Å². The van der Waals surface area contributed by atoms with Crippen molar-refractivity contribution in [2.24, 2.45) is 16.7 Å². The van der Waals surface area contributed by atoms with Crippen LogP contribution >= 0.6 is 0 Å². The molecule has 0 N–H and O–H groups in total. The minimum atomic E-state index is -1.73. The van der Waals surface area contributed by atoms with Gasteiger partial charge in [-0.3, -0.25) is 4.79 Å². The molecule has 3 atom stereocenters. The van der Waals surface area contributed by atoms with E-state index in [1.165, 1.54) is 6.42 Å². The van der Waals surface area contributed by atoms with Crippen molar-refractivity contribution >= 4 is 14.1 Å². The number of rotatable bonds is 3. The van der Waals surface area contributed by atoms with E-state index in [2.05, 4.69) is 40.4 Å². The van der Waals surface area contributed by atoms with Crippen LogP contribution in [0.1, 0.15) is 47.0 Å². The molecule has 0 amide bonds. The van der Waals surface area contributed by atoms with Crippen LogP contribution in [-0.2, 0) is 9.22 Å². The van der Waals surface area contributed by atoms with Gasteiger partial charge in [-0.1, -0.05) is 20.8 Å². The number of hydrogen-bond acceptors (Lipinski definition) is 2. The molecule has 0 radical (unpaired) electrons. The van der Waals surface area contributed by atoms with Crippen molar-refractivity contribution in [1.29, 1.82) is 0 Å². The first-order chi connectivity index (χ1) is 7.96. The second-order valence-electron chi connectivity index (χ2n) is 8.09. The fraction of sp³-hybridized carbons (Fsp3) is 0.933. The monoisotopic (exact) mass is 268 g/mol. The average molecular weight is 268 g/mol. The summed E-state index contributed by atoms with van der Waals surface area (Å²) < 4.78 is 6.51. The smallest absolute Gasteiger partial charge is 0.185 e. The fourth-order valence-corrected chi connectivity index (χ4v) is 6.03. The number of carbonyl (C=O) groups excluding carboxylic acids is 1. The van der Waals surface area contributed by atoms with E-state index >= 15 is 0 Å². The minimum Gasteiger partial charge on any atom is -0.405 e. The van der Waals surface area contributed by atoms with Gasteiger partial charge in [-0.25, -0.2) is 0 Å². The molecule has 2 fully saturated rings. The van der Waals surface area contributed by atoms with Crippen LogP contribution in [0.15, 0.2) is 0 Å². The van der Waals surface area contributed by atoms with Crippen molar-refractivity contribution in [2.45, 2.75) is 72.2 Å². The Balaban J connectivity index is 2.49. The number of hydrogen-bond donors (Lipinski definition) is 0. The maximum atomic E-state index is 12.4. The molecule has 0 spiro atoms. The molecule has 2 nitrogen and oxygen atoms in total. The molecule has 18 heavy (non-hydrogen) atoms. The van der Waals surface area contributed by atoms with E-state index in [1.807, 2.05) is 0 Å². The molecule has 0 aromatic carbocycles. The summed E-state index contributed by atoms with van der Waals surface area (Å²) in [5.41, 5.74) is -0.279. The summed E-state index contributed by atoms with van der Waals surface area (Å²) in [5.74, 6) is 0.894. The summed E-state index contributed by atoms with van der Waals surface area (Å²) in [4.78, 5) is 12.4. The zero-order valence-corrected chi connectivity index (χ0v) is 14.0. The van der Waals surface area contributed by atoms with E-state index < -0.39 is 13.9 Å². The molecule has 2 rings (SSSR count). The highest BCUT2D eigenvalue weighted by molar-refractivity contribution is 6.70. The second kappa shape index (κ2) is 3.69. The third-order valence-corrected chi connectivity index (χ3v) is 6.87. The van der Waals surface area contributed by atoms with Crippen molar-refractivity contribution in [3.63, 3.8) is 0 Å². The van der Waals surface area contributed by atoms with E-state index in [4.69, 9.17) is 4.43 Å². The predicted octanol–water partition coefficient (Wildman–Crippen LogP) is 4.01. The normalized spacial score (nSPS) is 42.3. The van der Waals surface area contributed by atoms with Crippen LogP contribution in [0.2, 0.25) is 19.6 Å². The van der Waals surface area contributed by atoms with Gasteiger partial charge in [0, 0.05) is 5.41 Å². The highest BCUT2D eigenvalue weighted by atomic mass is 28.4. The number of fused-ring (bicyclic) bond motifs is 2. The Labute approximate surface area is 113 Å². The first kappa shape index (κ1) is 14.3. The van der Waals surface area contributed by atoms with Crippen molar-refractivity contribution in [2.75, 3.05) is 0 Å². The van der Waals surface area contributed by atoms with Crippen LogP contribution in [-0.4, -0.2) is 19.7 Å². The average Bonchev–Trinajstić information content (AvgIpc) is 2.47. The second-order valence-corrected chi connectivity index (χ2v) is 12.5. The molecule has 104 valence electrons. The first-order valence-corrected chi connectivity index (χ1v) is 10.6. The molecule has 0 heterocycles. The summed E-state index contributed by atoms with van der Waals surface area (Å²) in [7, 11) is -1.73. The zero-order valence-electron chi connectivity index (χ0n) is 13.0. The van der Waals surface area contributed by atoms with Gasteiger partial charge in [0.25, 0.3) is 0 Å². The Kier molecular flexibility index (Phi) is 2.93. The van der Waals surface area contributed by atoms with Crippen molar-refractivity contribution in [3.8, 4) is 0 Å². The maximum Gasteiger partial charge on any atom is 0.185 e. The standard InChI is InChI=1S/C15H28O2Si/c1-11(16)15(17-18(5,6)7)10-12-8-9-14(15,4)13(12,2)3/h12H,8-10H2,1-7H3/t12?,14-,15?/m1/s1. The Bertz CT molecular complexity index is 382. The SMILES string of the molecule is CC(=O)C1(O[Si](C)(C)C)CC2CC[C@]1(C)C2(C)C. The number of carbonyl (C=O) groups is 1. The molecule has 0 saturated heterocycles. The number of ketones is 1. The van der Waals surface area contributed by atoms with Crippen LogP contribution < -0.4 is 0 Å². The minimum absolute atomic E-state index is 0.0107. The van der Waals surface area contributed by atoms with E-state index in [-0.39, 0.29) is 16.6 Å². The summed E-state index contributed by atoms with van der Waals surface area (Å²) >= 11 is 0. The van der Waals surface area contributed by atoms with Gasteiger partial charge in [0.2, 0.25) is 0 Å². The third-order valence-electron chi connectivity index (χ3n) is 5.91. The molecule has 0 aromatic heterocycles. The van der Waals surface area contributed by atoms with Crippen LogP contribution in [0.5, 0.6) is 0 Å². The first-order valence-electron chi connectivity index (χ1n) is 7.17. The third kappa shape index (κ3) is 1.59. The molecule has 2 bridgehead atoms. The van der Waals surface area contributed by atoms with Gasteiger partial charge in [0.1, 0.15) is 5.60 Å². The Morgan fingerprint density at radius 1 is 1.22 bits per heavy atom. The molecule has 0 aliphatic heterocycles. The molecule has 2 aliphatic rings.